The van der Waals surface area contributed by atoms with E-state index in [9.17, 15) is 26.3 Å². The summed E-state index contributed by atoms with van der Waals surface area (Å²) in [5, 5.41) is 0. The van der Waals surface area contributed by atoms with Gasteiger partial charge in [-0.25, -0.2) is 0 Å². The Balaban J connectivity index is 1.93. The first kappa shape index (κ1) is 15.4. The summed E-state index contributed by atoms with van der Waals surface area (Å²) in [6, 6.07) is 0. The van der Waals surface area contributed by atoms with Gasteiger partial charge in [0.25, 0.3) is 0 Å². The Kier molecular flexibility index (Phi) is 3.34. The van der Waals surface area contributed by atoms with Gasteiger partial charge in [0.05, 0.1) is 11.1 Å². The highest BCUT2D eigenvalue weighted by atomic mass is 19.4. The zero-order valence-corrected chi connectivity index (χ0v) is 11.6. The molecule has 0 aromatic carbocycles. The molecule has 0 nitrogen and oxygen atoms in total. The number of alkyl halides is 6. The largest absolute Gasteiger partial charge is 0.416 e. The molecule has 0 aliphatic heterocycles. The van der Waals surface area contributed by atoms with E-state index in [2.05, 4.69) is 0 Å². The van der Waals surface area contributed by atoms with Gasteiger partial charge >= 0.3 is 12.4 Å². The summed E-state index contributed by atoms with van der Waals surface area (Å²) in [6.45, 7) is 1.73. The first-order valence-corrected chi connectivity index (χ1v) is 7.03. The molecule has 3 aliphatic rings. The van der Waals surface area contributed by atoms with E-state index in [4.69, 9.17) is 0 Å². The topological polar surface area (TPSA) is 0 Å². The molecule has 0 aromatic rings. The molecule has 4 atom stereocenters. The van der Waals surface area contributed by atoms with Gasteiger partial charge in [-0.05, 0) is 29.6 Å². The Hall–Kier alpha value is -1.46. The first-order valence-electron chi connectivity index (χ1n) is 7.03. The Morgan fingerprint density at radius 3 is 1.36 bits per heavy atom. The third kappa shape index (κ3) is 2.42. The molecular formula is C16H14F6. The monoisotopic (exact) mass is 320 g/mol. The Morgan fingerprint density at radius 2 is 1.05 bits per heavy atom. The summed E-state index contributed by atoms with van der Waals surface area (Å²) in [5.41, 5.74) is -1.41. The second-order valence-electron chi connectivity index (χ2n) is 6.13. The van der Waals surface area contributed by atoms with Gasteiger partial charge in [-0.2, -0.15) is 26.3 Å². The van der Waals surface area contributed by atoms with Crippen molar-refractivity contribution in [1.82, 2.24) is 0 Å². The molecule has 0 heterocycles. The average Bonchev–Trinajstić information content (AvgIpc) is 2.70. The van der Waals surface area contributed by atoms with Crippen molar-refractivity contribution in [2.75, 3.05) is 0 Å². The highest BCUT2D eigenvalue weighted by Gasteiger charge is 2.49. The number of hydrogen-bond donors (Lipinski definition) is 0. The Bertz CT molecular complexity index is 535. The highest BCUT2D eigenvalue weighted by molar-refractivity contribution is 5.38. The zero-order valence-electron chi connectivity index (χ0n) is 11.6. The van der Waals surface area contributed by atoms with Crippen molar-refractivity contribution in [1.29, 1.82) is 0 Å². The van der Waals surface area contributed by atoms with Gasteiger partial charge in [0, 0.05) is 0 Å². The van der Waals surface area contributed by atoms with Crippen molar-refractivity contribution in [3.8, 4) is 0 Å². The van der Waals surface area contributed by atoms with Crippen LogP contribution in [0.25, 0.3) is 0 Å². The van der Waals surface area contributed by atoms with Crippen LogP contribution in [0.1, 0.15) is 6.92 Å². The maximum absolute atomic E-state index is 12.8. The maximum atomic E-state index is 12.8. The van der Waals surface area contributed by atoms with Gasteiger partial charge in [0.2, 0.25) is 0 Å². The van der Waals surface area contributed by atoms with E-state index in [0.29, 0.717) is 0 Å². The van der Waals surface area contributed by atoms with Crippen molar-refractivity contribution >= 4 is 0 Å². The molecule has 1 saturated carbocycles. The molecule has 0 radical (unpaired) electrons. The SMILES string of the molecule is CC1C2C=C(C(F)(F)F)C=CC2C2C=CC(C(F)(F)F)=CC12. The molecule has 0 bridgehead atoms. The van der Waals surface area contributed by atoms with Crippen molar-refractivity contribution in [3.63, 3.8) is 0 Å². The van der Waals surface area contributed by atoms with Crippen molar-refractivity contribution in [3.05, 3.63) is 47.6 Å². The molecule has 6 heteroatoms. The standard InChI is InChI=1S/C16H14F6/c1-8-13-6-9(15(17,18)19)2-4-11(13)12-5-3-10(7-14(8)12)16(20,21)22/h2-8,11-14H,1H3. The number of hydrogen-bond acceptors (Lipinski definition) is 0. The molecule has 3 rings (SSSR count). The molecule has 0 amide bonds. The molecule has 1 fully saturated rings. The first-order chi connectivity index (χ1) is 10.1. The van der Waals surface area contributed by atoms with E-state index in [1.165, 1.54) is 24.3 Å². The number of rotatable bonds is 0. The third-order valence-corrected chi connectivity index (χ3v) is 4.94. The van der Waals surface area contributed by atoms with E-state index < -0.39 is 23.5 Å². The lowest BCUT2D eigenvalue weighted by Crippen LogP contribution is -2.21. The molecular weight excluding hydrogens is 306 g/mol. The minimum Gasteiger partial charge on any atom is -0.166 e. The lowest BCUT2D eigenvalue weighted by molar-refractivity contribution is -0.0900. The fourth-order valence-corrected chi connectivity index (χ4v) is 3.84. The molecule has 0 aromatic heterocycles. The smallest absolute Gasteiger partial charge is 0.166 e. The van der Waals surface area contributed by atoms with Crippen LogP contribution in [0.2, 0.25) is 0 Å². The van der Waals surface area contributed by atoms with E-state index in [0.717, 1.165) is 12.2 Å². The van der Waals surface area contributed by atoms with Gasteiger partial charge in [0.15, 0.2) is 0 Å². The fraction of sp³-hybridized carbons (Fsp3) is 0.500. The molecule has 22 heavy (non-hydrogen) atoms. The van der Waals surface area contributed by atoms with Crippen LogP contribution in [0.15, 0.2) is 47.6 Å². The van der Waals surface area contributed by atoms with Crippen LogP contribution in [0.5, 0.6) is 0 Å². The van der Waals surface area contributed by atoms with Crippen LogP contribution in [-0.2, 0) is 0 Å². The summed E-state index contributed by atoms with van der Waals surface area (Å²) >= 11 is 0. The second-order valence-corrected chi connectivity index (χ2v) is 6.13. The summed E-state index contributed by atoms with van der Waals surface area (Å²) in [4.78, 5) is 0. The second kappa shape index (κ2) is 4.77. The third-order valence-electron chi connectivity index (χ3n) is 4.94. The van der Waals surface area contributed by atoms with Gasteiger partial charge < -0.3 is 0 Å². The fourth-order valence-electron chi connectivity index (χ4n) is 3.84. The summed E-state index contributed by atoms with van der Waals surface area (Å²) in [5.74, 6) is -1.38. The molecule has 3 aliphatic carbocycles. The molecule has 120 valence electrons. The van der Waals surface area contributed by atoms with E-state index in [1.807, 2.05) is 0 Å². The van der Waals surface area contributed by atoms with E-state index in [-0.39, 0.29) is 29.6 Å². The molecule has 0 spiro atoms. The zero-order chi connectivity index (χ0) is 16.3. The molecule has 4 unspecified atom stereocenters. The van der Waals surface area contributed by atoms with Crippen LogP contribution in [0, 0.1) is 29.6 Å². The Morgan fingerprint density at radius 1 is 0.682 bits per heavy atom. The quantitative estimate of drug-likeness (QED) is 0.537. The van der Waals surface area contributed by atoms with Crippen LogP contribution in [0.3, 0.4) is 0 Å². The van der Waals surface area contributed by atoms with Gasteiger partial charge in [-0.1, -0.05) is 43.4 Å². The molecule has 0 N–H and O–H groups in total. The van der Waals surface area contributed by atoms with Crippen LogP contribution in [0.4, 0.5) is 26.3 Å². The lowest BCUT2D eigenvalue weighted by Gasteiger charge is -2.25. The predicted octanol–water partition coefficient (Wildman–Crippen LogP) is 5.22. The van der Waals surface area contributed by atoms with Crippen molar-refractivity contribution < 1.29 is 26.3 Å². The normalized spacial score (nSPS) is 37.5. The van der Waals surface area contributed by atoms with Crippen LogP contribution >= 0.6 is 0 Å². The predicted molar refractivity (Wildman–Crippen MR) is 69.7 cm³/mol. The maximum Gasteiger partial charge on any atom is 0.416 e. The van der Waals surface area contributed by atoms with Crippen molar-refractivity contribution in [2.45, 2.75) is 19.3 Å². The van der Waals surface area contributed by atoms with Gasteiger partial charge in [-0.15, -0.1) is 0 Å². The minimum absolute atomic E-state index is 0.173. The number of halogens is 6. The van der Waals surface area contributed by atoms with E-state index in [1.54, 1.807) is 6.92 Å². The lowest BCUT2D eigenvalue weighted by atomic mass is 9.80. The molecule has 0 saturated heterocycles. The highest BCUT2D eigenvalue weighted by Crippen LogP contribution is 2.54. The number of allylic oxidation sites excluding steroid dienone is 8. The Labute approximate surface area is 123 Å². The summed E-state index contributed by atoms with van der Waals surface area (Å²) < 4.78 is 76.9. The van der Waals surface area contributed by atoms with Gasteiger partial charge in [0.1, 0.15) is 0 Å². The number of fused-ring (bicyclic) bond motifs is 3. The van der Waals surface area contributed by atoms with Crippen molar-refractivity contribution in [2.24, 2.45) is 29.6 Å². The van der Waals surface area contributed by atoms with Gasteiger partial charge in [-0.3, -0.25) is 0 Å². The van der Waals surface area contributed by atoms with E-state index >= 15 is 0 Å². The summed E-state index contributed by atoms with van der Waals surface area (Å²) in [6.07, 6.45) is -1.36. The van der Waals surface area contributed by atoms with Crippen LogP contribution < -0.4 is 0 Å². The average molecular weight is 320 g/mol. The minimum atomic E-state index is -4.42. The van der Waals surface area contributed by atoms with Crippen LogP contribution in [-0.4, -0.2) is 12.4 Å². The summed E-state index contributed by atoms with van der Waals surface area (Å²) in [7, 11) is 0.